The van der Waals surface area contributed by atoms with Crippen LogP contribution in [0, 0.1) is 13.8 Å². The van der Waals surface area contributed by atoms with E-state index in [2.05, 4.69) is 0 Å². The van der Waals surface area contributed by atoms with Gasteiger partial charge in [0.2, 0.25) is 0 Å². The van der Waals surface area contributed by atoms with Crippen LogP contribution in [0.15, 0.2) is 27.4 Å². The molecule has 5 nitrogen and oxygen atoms in total. The number of carbonyl (C=O) groups excluding carboxylic acids is 1. The van der Waals surface area contributed by atoms with Crippen LogP contribution in [0.25, 0.3) is 11.0 Å². The molecule has 2 rings (SSSR count). The molecule has 0 aliphatic heterocycles. The zero-order valence-corrected chi connectivity index (χ0v) is 13.3. The second kappa shape index (κ2) is 6.64. The number of rotatable bonds is 5. The van der Waals surface area contributed by atoms with Gasteiger partial charge in [-0.2, -0.15) is 0 Å². The van der Waals surface area contributed by atoms with E-state index in [1.165, 1.54) is 6.07 Å². The zero-order valence-electron chi connectivity index (χ0n) is 13.3. The Kier molecular flexibility index (Phi) is 4.85. The lowest BCUT2D eigenvalue weighted by Crippen LogP contribution is -2.28. The summed E-state index contributed by atoms with van der Waals surface area (Å²) in [4.78, 5) is 23.3. The summed E-state index contributed by atoms with van der Waals surface area (Å²) in [6.07, 6.45) is -0.133. The van der Waals surface area contributed by atoms with Gasteiger partial charge in [0.25, 0.3) is 0 Å². The van der Waals surface area contributed by atoms with Crippen LogP contribution < -0.4 is 10.4 Å². The first kappa shape index (κ1) is 16.1. The molecule has 118 valence electrons. The Balaban J connectivity index is 2.41. The third-order valence-corrected chi connectivity index (χ3v) is 3.44. The van der Waals surface area contributed by atoms with Crippen LogP contribution in [0.1, 0.15) is 31.4 Å². The molecule has 22 heavy (non-hydrogen) atoms. The van der Waals surface area contributed by atoms with Gasteiger partial charge in [-0.25, -0.2) is 9.59 Å². The van der Waals surface area contributed by atoms with Crippen molar-refractivity contribution < 1.29 is 18.7 Å². The van der Waals surface area contributed by atoms with Crippen LogP contribution in [0.3, 0.4) is 0 Å². The second-order valence-corrected chi connectivity index (χ2v) is 5.13. The van der Waals surface area contributed by atoms with E-state index >= 15 is 0 Å². The first-order valence-electron chi connectivity index (χ1n) is 7.34. The van der Waals surface area contributed by atoms with Crippen molar-refractivity contribution in [3.63, 3.8) is 0 Å². The van der Waals surface area contributed by atoms with E-state index in [-0.39, 0.29) is 11.6 Å². The number of esters is 1. The summed E-state index contributed by atoms with van der Waals surface area (Å²) in [7, 11) is 0. The first-order chi connectivity index (χ1) is 10.5. The summed E-state index contributed by atoms with van der Waals surface area (Å²) >= 11 is 0. The fourth-order valence-electron chi connectivity index (χ4n) is 2.26. The topological polar surface area (TPSA) is 65.7 Å². The molecule has 5 heteroatoms. The quantitative estimate of drug-likeness (QED) is 0.627. The Morgan fingerprint density at radius 1 is 1.18 bits per heavy atom. The number of aryl methyl sites for hydroxylation is 2. The largest absolute Gasteiger partial charge is 0.478 e. The fraction of sp³-hybridized carbons (Fsp3) is 0.412. The second-order valence-electron chi connectivity index (χ2n) is 5.13. The zero-order chi connectivity index (χ0) is 16.3. The Hall–Kier alpha value is -2.30. The lowest BCUT2D eigenvalue weighted by atomic mass is 10.1. The molecule has 0 aliphatic carbocycles. The van der Waals surface area contributed by atoms with E-state index in [0.29, 0.717) is 24.4 Å². The van der Waals surface area contributed by atoms with Crippen LogP contribution in [0.4, 0.5) is 0 Å². The molecule has 0 bridgehead atoms. The van der Waals surface area contributed by atoms with Crippen molar-refractivity contribution in [3.8, 4) is 5.75 Å². The minimum Gasteiger partial charge on any atom is -0.478 e. The number of benzene rings is 1. The Morgan fingerprint density at radius 3 is 2.55 bits per heavy atom. The molecule has 0 saturated heterocycles. The molecule has 2 aromatic rings. The van der Waals surface area contributed by atoms with E-state index in [1.807, 2.05) is 20.8 Å². The number of hydrogen-bond acceptors (Lipinski definition) is 5. The molecule has 0 amide bonds. The monoisotopic (exact) mass is 304 g/mol. The SMILES string of the molecule is CCOC(=O)[C@@H](CC)Oc1cc2c(C)cc(=O)oc2cc1C. The molecule has 0 unspecified atom stereocenters. The molecule has 0 aliphatic rings. The maximum absolute atomic E-state index is 11.9. The number of carbonyl (C=O) groups is 1. The maximum atomic E-state index is 11.9. The van der Waals surface area contributed by atoms with Crippen molar-refractivity contribution in [3.05, 3.63) is 39.7 Å². The molecule has 1 aromatic carbocycles. The highest BCUT2D eigenvalue weighted by molar-refractivity contribution is 5.83. The van der Waals surface area contributed by atoms with E-state index < -0.39 is 6.10 Å². The summed E-state index contributed by atoms with van der Waals surface area (Å²) in [6, 6.07) is 4.98. The lowest BCUT2D eigenvalue weighted by molar-refractivity contribution is -0.151. The fourth-order valence-corrected chi connectivity index (χ4v) is 2.26. The van der Waals surface area contributed by atoms with Crippen molar-refractivity contribution in [1.82, 2.24) is 0 Å². The normalized spacial score (nSPS) is 12.2. The lowest BCUT2D eigenvalue weighted by Gasteiger charge is -2.18. The highest BCUT2D eigenvalue weighted by Crippen LogP contribution is 2.28. The van der Waals surface area contributed by atoms with Gasteiger partial charge in [-0.15, -0.1) is 0 Å². The number of hydrogen-bond donors (Lipinski definition) is 0. The smallest absolute Gasteiger partial charge is 0.347 e. The molecule has 0 saturated carbocycles. The summed E-state index contributed by atoms with van der Waals surface area (Å²) in [5.74, 6) is 0.213. The molecule has 1 aromatic heterocycles. The molecular formula is C17H20O5. The minimum absolute atomic E-state index is 0.319. The number of ether oxygens (including phenoxy) is 2. The van der Waals surface area contributed by atoms with Crippen molar-refractivity contribution in [1.29, 1.82) is 0 Å². The van der Waals surface area contributed by atoms with E-state index in [9.17, 15) is 9.59 Å². The van der Waals surface area contributed by atoms with Gasteiger partial charge in [0.05, 0.1) is 6.61 Å². The molecule has 0 radical (unpaired) electrons. The highest BCUT2D eigenvalue weighted by atomic mass is 16.6. The van der Waals surface area contributed by atoms with Gasteiger partial charge in [-0.3, -0.25) is 0 Å². The van der Waals surface area contributed by atoms with Crippen LogP contribution in [0.5, 0.6) is 5.75 Å². The highest BCUT2D eigenvalue weighted by Gasteiger charge is 2.21. The standard InChI is InChI=1S/C17H20O5/c1-5-13(17(19)20-6-2)21-14-9-12-10(3)8-16(18)22-15(12)7-11(14)4/h7-9,13H,5-6H2,1-4H3/t13-/m1/s1. The summed E-state index contributed by atoms with van der Waals surface area (Å²) in [5, 5.41) is 0.791. The Morgan fingerprint density at radius 2 is 1.91 bits per heavy atom. The van der Waals surface area contributed by atoms with E-state index in [4.69, 9.17) is 13.9 Å². The van der Waals surface area contributed by atoms with Crippen molar-refractivity contribution in [2.24, 2.45) is 0 Å². The average Bonchev–Trinajstić information content (AvgIpc) is 2.45. The average molecular weight is 304 g/mol. The van der Waals surface area contributed by atoms with Crippen LogP contribution in [0.2, 0.25) is 0 Å². The van der Waals surface area contributed by atoms with Gasteiger partial charge in [0.15, 0.2) is 6.10 Å². The molecule has 0 fully saturated rings. The van der Waals surface area contributed by atoms with Crippen molar-refractivity contribution in [2.75, 3.05) is 6.61 Å². The van der Waals surface area contributed by atoms with E-state index in [1.54, 1.807) is 19.1 Å². The van der Waals surface area contributed by atoms with Gasteiger partial charge >= 0.3 is 11.6 Å². The maximum Gasteiger partial charge on any atom is 0.347 e. The minimum atomic E-state index is -0.646. The van der Waals surface area contributed by atoms with E-state index in [0.717, 1.165) is 16.5 Å². The summed E-state index contributed by atoms with van der Waals surface area (Å²) in [6.45, 7) is 7.62. The Labute approximate surface area is 128 Å². The van der Waals surface area contributed by atoms with Gasteiger partial charge < -0.3 is 13.9 Å². The molecule has 0 N–H and O–H groups in total. The third kappa shape index (κ3) is 3.30. The number of fused-ring (bicyclic) bond motifs is 1. The third-order valence-electron chi connectivity index (χ3n) is 3.44. The van der Waals surface area contributed by atoms with Gasteiger partial charge in [-0.1, -0.05) is 6.92 Å². The van der Waals surface area contributed by atoms with Gasteiger partial charge in [0, 0.05) is 11.5 Å². The molecular weight excluding hydrogens is 284 g/mol. The van der Waals surface area contributed by atoms with Gasteiger partial charge in [-0.05, 0) is 50.5 Å². The predicted molar refractivity (Wildman–Crippen MR) is 83.3 cm³/mol. The molecule has 1 atom stereocenters. The Bertz CT molecular complexity index is 745. The molecule has 1 heterocycles. The van der Waals surface area contributed by atoms with Crippen LogP contribution >= 0.6 is 0 Å². The summed E-state index contributed by atoms with van der Waals surface area (Å²) < 4.78 is 16.0. The van der Waals surface area contributed by atoms with Crippen molar-refractivity contribution in [2.45, 2.75) is 40.2 Å². The molecule has 0 spiro atoms. The van der Waals surface area contributed by atoms with Gasteiger partial charge in [0.1, 0.15) is 11.3 Å². The summed E-state index contributed by atoms with van der Waals surface area (Å²) in [5.41, 5.74) is 1.74. The van der Waals surface area contributed by atoms with Crippen LogP contribution in [-0.2, 0) is 9.53 Å². The first-order valence-corrected chi connectivity index (χ1v) is 7.34. The van der Waals surface area contributed by atoms with Crippen molar-refractivity contribution >= 4 is 16.9 Å². The predicted octanol–water partition coefficient (Wildman–Crippen LogP) is 3.13. The van der Waals surface area contributed by atoms with Crippen LogP contribution in [-0.4, -0.2) is 18.7 Å².